The molecule has 0 aliphatic heterocycles. The standard InChI is InChI=1S/C4H3IS.B/c5-4-2-1-3-6-4;/h1-3H;. The Balaban J connectivity index is 0.000000360. The average Bonchev–Trinajstić information content (AvgIpc) is 1.86. The van der Waals surface area contributed by atoms with Crippen LogP contribution in [0.15, 0.2) is 17.5 Å². The maximum Gasteiger partial charge on any atom is 0.0653 e. The molecular weight excluding hydrogens is 218 g/mol. The predicted molar refractivity (Wildman–Crippen MR) is 42.8 cm³/mol. The van der Waals surface area contributed by atoms with E-state index >= 15 is 0 Å². The third-order valence-corrected chi connectivity index (χ3v) is 2.26. The van der Waals surface area contributed by atoms with Gasteiger partial charge in [-0.1, -0.05) is 6.07 Å². The Morgan fingerprint density at radius 3 is 2.43 bits per heavy atom. The van der Waals surface area contributed by atoms with Crippen LogP contribution in [-0.2, 0) is 0 Å². The number of halogens is 1. The molecule has 0 N–H and O–H groups in total. The highest BCUT2D eigenvalue weighted by Gasteiger charge is 1.77. The molecule has 1 heterocycles. The second-order valence-corrected chi connectivity index (χ2v) is 3.76. The Hall–Kier alpha value is 0.495. The van der Waals surface area contributed by atoms with Crippen molar-refractivity contribution in [3.05, 3.63) is 20.4 Å². The van der Waals surface area contributed by atoms with Crippen molar-refractivity contribution in [3.8, 4) is 0 Å². The largest absolute Gasteiger partial charge is 0.138 e. The molecule has 0 aliphatic rings. The van der Waals surface area contributed by atoms with Crippen LogP contribution in [0.25, 0.3) is 0 Å². The van der Waals surface area contributed by atoms with Crippen molar-refractivity contribution in [2.24, 2.45) is 0 Å². The van der Waals surface area contributed by atoms with Gasteiger partial charge in [0.15, 0.2) is 0 Å². The van der Waals surface area contributed by atoms with Gasteiger partial charge in [-0.05, 0) is 34.0 Å². The van der Waals surface area contributed by atoms with Gasteiger partial charge in [-0.3, -0.25) is 0 Å². The van der Waals surface area contributed by atoms with E-state index in [0.29, 0.717) is 0 Å². The highest BCUT2D eigenvalue weighted by Crippen LogP contribution is 2.09. The topological polar surface area (TPSA) is 0 Å². The minimum Gasteiger partial charge on any atom is -0.138 e. The quantitative estimate of drug-likeness (QED) is 0.464. The lowest BCUT2D eigenvalue weighted by molar-refractivity contribution is 1.97. The first-order valence-electron chi connectivity index (χ1n) is 1.58. The molecule has 0 bridgehead atoms. The molecule has 35 valence electrons. The smallest absolute Gasteiger partial charge is 0.0653 e. The summed E-state index contributed by atoms with van der Waals surface area (Å²) in [5.74, 6) is 0. The molecule has 0 aromatic carbocycles. The van der Waals surface area contributed by atoms with E-state index in [1.165, 1.54) is 2.88 Å². The van der Waals surface area contributed by atoms with Gasteiger partial charge in [0.05, 0.1) is 2.88 Å². The Morgan fingerprint density at radius 1 is 1.57 bits per heavy atom. The minimum absolute atomic E-state index is 0. The Bertz CT molecular complexity index is 115. The molecule has 1 rings (SSSR count). The Kier molecular flexibility index (Phi) is 3.74. The van der Waals surface area contributed by atoms with Crippen LogP contribution in [0.2, 0.25) is 0 Å². The van der Waals surface area contributed by atoms with E-state index in [9.17, 15) is 0 Å². The number of hydrogen-bond donors (Lipinski definition) is 0. The first kappa shape index (κ1) is 7.49. The predicted octanol–water partition coefficient (Wildman–Crippen LogP) is 1.97. The number of hydrogen-bond acceptors (Lipinski definition) is 1. The van der Waals surface area contributed by atoms with E-state index < -0.39 is 0 Å². The third kappa shape index (κ3) is 2.34. The molecule has 0 nitrogen and oxygen atoms in total. The van der Waals surface area contributed by atoms with Gasteiger partial charge in [0, 0.05) is 8.41 Å². The zero-order valence-corrected chi connectivity index (χ0v) is 6.57. The molecule has 3 heteroatoms. The van der Waals surface area contributed by atoms with Gasteiger partial charge in [-0.25, -0.2) is 0 Å². The minimum atomic E-state index is 0. The number of thiophene rings is 1. The average molecular weight is 221 g/mol. The van der Waals surface area contributed by atoms with Crippen LogP contribution in [0, 0.1) is 2.88 Å². The van der Waals surface area contributed by atoms with Crippen LogP contribution in [0.1, 0.15) is 0 Å². The molecule has 0 amide bonds. The third-order valence-electron chi connectivity index (χ3n) is 0.486. The highest BCUT2D eigenvalue weighted by atomic mass is 127. The highest BCUT2D eigenvalue weighted by molar-refractivity contribution is 14.1. The molecule has 0 saturated heterocycles. The SMILES string of the molecule is Ic1cccs1.[B]. The van der Waals surface area contributed by atoms with Crippen LogP contribution in [-0.4, -0.2) is 8.41 Å². The van der Waals surface area contributed by atoms with Gasteiger partial charge in [0.1, 0.15) is 0 Å². The van der Waals surface area contributed by atoms with Gasteiger partial charge < -0.3 is 0 Å². The second kappa shape index (κ2) is 3.49. The summed E-state index contributed by atoms with van der Waals surface area (Å²) in [6, 6.07) is 4.14. The van der Waals surface area contributed by atoms with Crippen molar-refractivity contribution >= 4 is 42.3 Å². The molecule has 1 aromatic rings. The maximum absolute atomic E-state index is 2.29. The van der Waals surface area contributed by atoms with E-state index in [2.05, 4.69) is 34.0 Å². The zero-order chi connectivity index (χ0) is 4.41. The molecular formula is C4H3BIS. The molecule has 0 atom stereocenters. The van der Waals surface area contributed by atoms with Gasteiger partial charge >= 0.3 is 0 Å². The van der Waals surface area contributed by atoms with Crippen LogP contribution < -0.4 is 0 Å². The normalized spacial score (nSPS) is 7.57. The van der Waals surface area contributed by atoms with Crippen molar-refractivity contribution in [2.75, 3.05) is 0 Å². The summed E-state index contributed by atoms with van der Waals surface area (Å²) in [6.45, 7) is 0. The van der Waals surface area contributed by atoms with E-state index in [0.717, 1.165) is 0 Å². The molecule has 0 saturated carbocycles. The van der Waals surface area contributed by atoms with E-state index in [4.69, 9.17) is 0 Å². The maximum atomic E-state index is 2.29. The summed E-state index contributed by atoms with van der Waals surface area (Å²) in [5.41, 5.74) is 0. The fraction of sp³-hybridized carbons (Fsp3) is 0. The van der Waals surface area contributed by atoms with Crippen molar-refractivity contribution in [1.29, 1.82) is 0 Å². The summed E-state index contributed by atoms with van der Waals surface area (Å²) < 4.78 is 1.35. The fourth-order valence-electron chi connectivity index (χ4n) is 0.259. The molecule has 0 unspecified atom stereocenters. The van der Waals surface area contributed by atoms with Crippen LogP contribution >= 0.6 is 33.9 Å². The van der Waals surface area contributed by atoms with Gasteiger partial charge in [0.2, 0.25) is 0 Å². The van der Waals surface area contributed by atoms with Gasteiger partial charge in [0.25, 0.3) is 0 Å². The summed E-state index contributed by atoms with van der Waals surface area (Å²) in [4.78, 5) is 0. The van der Waals surface area contributed by atoms with E-state index in [1.54, 1.807) is 11.3 Å². The van der Waals surface area contributed by atoms with Gasteiger partial charge in [-0.15, -0.1) is 11.3 Å². The number of rotatable bonds is 0. The molecule has 0 spiro atoms. The molecule has 1 aromatic heterocycles. The summed E-state index contributed by atoms with van der Waals surface area (Å²) in [7, 11) is 0. The monoisotopic (exact) mass is 221 g/mol. The van der Waals surface area contributed by atoms with Crippen molar-refractivity contribution in [1.82, 2.24) is 0 Å². The van der Waals surface area contributed by atoms with Gasteiger partial charge in [-0.2, -0.15) is 0 Å². The summed E-state index contributed by atoms with van der Waals surface area (Å²) in [6.07, 6.45) is 0. The molecule has 0 fully saturated rings. The van der Waals surface area contributed by atoms with Crippen LogP contribution in [0.5, 0.6) is 0 Å². The van der Waals surface area contributed by atoms with Crippen LogP contribution in [0.4, 0.5) is 0 Å². The van der Waals surface area contributed by atoms with Crippen molar-refractivity contribution in [2.45, 2.75) is 0 Å². The zero-order valence-electron chi connectivity index (χ0n) is 3.60. The Labute approximate surface area is 62.7 Å². The lowest BCUT2D eigenvalue weighted by Crippen LogP contribution is -1.38. The van der Waals surface area contributed by atoms with Crippen molar-refractivity contribution < 1.29 is 0 Å². The Morgan fingerprint density at radius 2 is 2.29 bits per heavy atom. The van der Waals surface area contributed by atoms with Crippen molar-refractivity contribution in [3.63, 3.8) is 0 Å². The lowest BCUT2D eigenvalue weighted by Gasteiger charge is -1.62. The van der Waals surface area contributed by atoms with E-state index in [1.807, 2.05) is 6.07 Å². The molecule has 0 aliphatic carbocycles. The lowest BCUT2D eigenvalue weighted by atomic mass is 10.7. The first-order chi connectivity index (χ1) is 2.89. The van der Waals surface area contributed by atoms with Crippen LogP contribution in [0.3, 0.4) is 0 Å². The molecule has 3 radical (unpaired) electrons. The first-order valence-corrected chi connectivity index (χ1v) is 3.54. The second-order valence-electron chi connectivity index (χ2n) is 0.917. The molecule has 7 heavy (non-hydrogen) atoms. The fourth-order valence-corrected chi connectivity index (χ4v) is 1.35. The summed E-state index contributed by atoms with van der Waals surface area (Å²) in [5, 5.41) is 2.07. The van der Waals surface area contributed by atoms with E-state index in [-0.39, 0.29) is 8.41 Å². The summed E-state index contributed by atoms with van der Waals surface area (Å²) >= 11 is 4.06.